The molecule has 0 atom stereocenters. The minimum Gasteiger partial charge on any atom is -0.382 e. The standard InChI is InChI=1S/C26H26N6O/c27-25-24(28-26(33)31-18-16-30(17-19-31)21-12-6-2-7-13-21)23(20-10-4-1-5-11-20)29-32(25)22-14-8-3-9-15-22/h1-15H,16-19,27H2,(H,28,33). The van der Waals surface area contributed by atoms with Gasteiger partial charge in [-0.3, -0.25) is 0 Å². The van der Waals surface area contributed by atoms with Crippen LogP contribution >= 0.6 is 0 Å². The van der Waals surface area contributed by atoms with Gasteiger partial charge in [0.1, 0.15) is 11.4 Å². The number of hydrogen-bond donors (Lipinski definition) is 2. The maximum Gasteiger partial charge on any atom is 0.322 e. The molecule has 0 saturated carbocycles. The van der Waals surface area contributed by atoms with Crippen molar-refractivity contribution in [2.24, 2.45) is 0 Å². The summed E-state index contributed by atoms with van der Waals surface area (Å²) >= 11 is 0. The molecule has 5 rings (SSSR count). The van der Waals surface area contributed by atoms with E-state index in [2.05, 4.69) is 22.3 Å². The van der Waals surface area contributed by atoms with Crippen molar-refractivity contribution in [2.45, 2.75) is 0 Å². The lowest BCUT2D eigenvalue weighted by Gasteiger charge is -2.36. The molecule has 1 saturated heterocycles. The van der Waals surface area contributed by atoms with Gasteiger partial charge in [-0.1, -0.05) is 66.7 Å². The lowest BCUT2D eigenvalue weighted by molar-refractivity contribution is 0.208. The van der Waals surface area contributed by atoms with Crippen molar-refractivity contribution in [3.8, 4) is 16.9 Å². The number of rotatable bonds is 4. The third-order valence-corrected chi connectivity index (χ3v) is 5.89. The zero-order valence-electron chi connectivity index (χ0n) is 18.3. The molecule has 3 N–H and O–H groups in total. The van der Waals surface area contributed by atoms with Crippen LogP contribution in [0.5, 0.6) is 0 Å². The number of nitrogens with one attached hydrogen (secondary N) is 1. The first-order valence-corrected chi connectivity index (χ1v) is 11.1. The van der Waals surface area contributed by atoms with Gasteiger partial charge in [0, 0.05) is 37.4 Å². The Hall–Kier alpha value is -4.26. The number of amides is 2. The first-order valence-electron chi connectivity index (χ1n) is 11.1. The number of carbonyl (C=O) groups is 1. The van der Waals surface area contributed by atoms with Crippen LogP contribution < -0.4 is 16.0 Å². The van der Waals surface area contributed by atoms with Crippen LogP contribution in [0.2, 0.25) is 0 Å². The van der Waals surface area contributed by atoms with Gasteiger partial charge in [0.2, 0.25) is 0 Å². The van der Waals surface area contributed by atoms with E-state index in [0.29, 0.717) is 30.3 Å². The van der Waals surface area contributed by atoms with Crippen LogP contribution in [0.1, 0.15) is 0 Å². The Kier molecular flexibility index (Phi) is 5.68. The molecule has 2 amide bonds. The van der Waals surface area contributed by atoms with Gasteiger partial charge in [0.25, 0.3) is 0 Å². The lowest BCUT2D eigenvalue weighted by atomic mass is 10.1. The van der Waals surface area contributed by atoms with E-state index in [-0.39, 0.29) is 6.03 Å². The second-order valence-corrected chi connectivity index (χ2v) is 7.96. The number of benzene rings is 3. The molecule has 0 radical (unpaired) electrons. The van der Waals surface area contributed by atoms with Crippen molar-refractivity contribution in [1.29, 1.82) is 0 Å². The highest BCUT2D eigenvalue weighted by molar-refractivity contribution is 5.98. The first-order chi connectivity index (χ1) is 16.2. The summed E-state index contributed by atoms with van der Waals surface area (Å²) in [7, 11) is 0. The largest absolute Gasteiger partial charge is 0.382 e. The van der Waals surface area contributed by atoms with Crippen molar-refractivity contribution in [1.82, 2.24) is 14.7 Å². The van der Waals surface area contributed by atoms with Crippen LogP contribution in [0, 0.1) is 0 Å². The van der Waals surface area contributed by atoms with E-state index in [1.54, 1.807) is 4.68 Å². The van der Waals surface area contributed by atoms with Crippen molar-refractivity contribution >= 4 is 23.2 Å². The van der Waals surface area contributed by atoms with E-state index in [4.69, 9.17) is 10.8 Å². The SMILES string of the molecule is Nc1c(NC(=O)N2CCN(c3ccccc3)CC2)c(-c2ccccc2)nn1-c1ccccc1. The van der Waals surface area contributed by atoms with Gasteiger partial charge in [0.05, 0.1) is 5.69 Å². The average Bonchev–Trinajstić information content (AvgIpc) is 3.21. The Bertz CT molecular complexity index is 1220. The van der Waals surface area contributed by atoms with Crippen LogP contribution in [-0.4, -0.2) is 46.9 Å². The van der Waals surface area contributed by atoms with Crippen LogP contribution in [0.3, 0.4) is 0 Å². The van der Waals surface area contributed by atoms with E-state index in [1.807, 2.05) is 83.8 Å². The van der Waals surface area contributed by atoms with Gasteiger partial charge in [-0.15, -0.1) is 0 Å². The van der Waals surface area contributed by atoms with Gasteiger partial charge < -0.3 is 20.9 Å². The number of hydrogen-bond acceptors (Lipinski definition) is 4. The fourth-order valence-electron chi connectivity index (χ4n) is 4.11. The zero-order valence-corrected chi connectivity index (χ0v) is 18.3. The highest BCUT2D eigenvalue weighted by Gasteiger charge is 2.25. The molecule has 0 bridgehead atoms. The molecule has 1 aromatic heterocycles. The number of urea groups is 1. The van der Waals surface area contributed by atoms with E-state index in [0.717, 1.165) is 24.3 Å². The molecule has 7 heteroatoms. The molecule has 1 fully saturated rings. The minimum absolute atomic E-state index is 0.167. The summed E-state index contributed by atoms with van der Waals surface area (Å²) < 4.78 is 1.67. The highest BCUT2D eigenvalue weighted by Crippen LogP contribution is 2.34. The number of nitrogens with two attached hydrogens (primary N) is 1. The van der Waals surface area contributed by atoms with Gasteiger partial charge in [0.15, 0.2) is 5.82 Å². The van der Waals surface area contributed by atoms with Gasteiger partial charge in [-0.05, 0) is 24.3 Å². The molecular formula is C26H26N6O. The van der Waals surface area contributed by atoms with Crippen molar-refractivity contribution in [3.05, 3.63) is 91.0 Å². The number of carbonyl (C=O) groups excluding carboxylic acids is 1. The minimum atomic E-state index is -0.167. The van der Waals surface area contributed by atoms with Crippen molar-refractivity contribution < 1.29 is 4.79 Å². The summed E-state index contributed by atoms with van der Waals surface area (Å²) in [6, 6.07) is 29.6. The second kappa shape index (κ2) is 9.08. The quantitative estimate of drug-likeness (QED) is 0.493. The molecule has 3 aromatic carbocycles. The van der Waals surface area contributed by atoms with E-state index in [1.165, 1.54) is 5.69 Å². The summed E-state index contributed by atoms with van der Waals surface area (Å²) in [5.41, 5.74) is 10.6. The van der Waals surface area contributed by atoms with E-state index < -0.39 is 0 Å². The van der Waals surface area contributed by atoms with Crippen LogP contribution in [-0.2, 0) is 0 Å². The summed E-state index contributed by atoms with van der Waals surface area (Å²) in [5.74, 6) is 0.399. The Labute approximate surface area is 193 Å². The summed E-state index contributed by atoms with van der Waals surface area (Å²) in [6.45, 7) is 2.83. The highest BCUT2D eigenvalue weighted by atomic mass is 16.2. The van der Waals surface area contributed by atoms with Gasteiger partial charge in [-0.25, -0.2) is 9.48 Å². The van der Waals surface area contributed by atoms with E-state index >= 15 is 0 Å². The molecule has 1 aliphatic rings. The van der Waals surface area contributed by atoms with Crippen molar-refractivity contribution in [2.75, 3.05) is 42.1 Å². The zero-order chi connectivity index (χ0) is 22.6. The van der Waals surface area contributed by atoms with Crippen molar-refractivity contribution in [3.63, 3.8) is 0 Å². The normalized spacial score (nSPS) is 13.7. The number of para-hydroxylation sites is 2. The van der Waals surface area contributed by atoms with Crippen LogP contribution in [0.4, 0.5) is 22.0 Å². The Balaban J connectivity index is 1.38. The summed E-state index contributed by atoms with van der Waals surface area (Å²) in [4.78, 5) is 17.3. The smallest absolute Gasteiger partial charge is 0.322 e. The first kappa shape index (κ1) is 20.6. The molecule has 33 heavy (non-hydrogen) atoms. The molecule has 2 heterocycles. The molecular weight excluding hydrogens is 412 g/mol. The Morgan fingerprint density at radius 3 is 1.91 bits per heavy atom. The van der Waals surface area contributed by atoms with E-state index in [9.17, 15) is 4.79 Å². The predicted octanol–water partition coefficient (Wildman–Crippen LogP) is 4.48. The third-order valence-electron chi connectivity index (χ3n) is 5.89. The maximum atomic E-state index is 13.2. The molecule has 0 spiro atoms. The van der Waals surface area contributed by atoms with Crippen LogP contribution in [0.25, 0.3) is 16.9 Å². The fourth-order valence-corrected chi connectivity index (χ4v) is 4.11. The monoisotopic (exact) mass is 438 g/mol. The summed E-state index contributed by atoms with van der Waals surface area (Å²) in [5, 5.41) is 7.80. The number of piperazine rings is 1. The molecule has 7 nitrogen and oxygen atoms in total. The Morgan fingerprint density at radius 2 is 1.30 bits per heavy atom. The number of nitrogen functional groups attached to an aromatic ring is 1. The lowest BCUT2D eigenvalue weighted by Crippen LogP contribution is -2.50. The summed E-state index contributed by atoms with van der Waals surface area (Å²) in [6.07, 6.45) is 0. The molecule has 166 valence electrons. The topological polar surface area (TPSA) is 79.4 Å². The average molecular weight is 439 g/mol. The number of aromatic nitrogens is 2. The van der Waals surface area contributed by atoms with Gasteiger partial charge in [-0.2, -0.15) is 5.10 Å². The fraction of sp³-hybridized carbons (Fsp3) is 0.154. The number of anilines is 3. The van der Waals surface area contributed by atoms with Crippen LogP contribution in [0.15, 0.2) is 91.0 Å². The molecule has 0 aliphatic carbocycles. The van der Waals surface area contributed by atoms with Gasteiger partial charge >= 0.3 is 6.03 Å². The number of nitrogens with zero attached hydrogens (tertiary/aromatic N) is 4. The maximum absolute atomic E-state index is 13.2. The second-order valence-electron chi connectivity index (χ2n) is 7.96. The predicted molar refractivity (Wildman–Crippen MR) is 133 cm³/mol. The Morgan fingerprint density at radius 1 is 0.758 bits per heavy atom. The molecule has 0 unspecified atom stereocenters. The third kappa shape index (κ3) is 4.25. The molecule has 1 aliphatic heterocycles. The molecule has 4 aromatic rings.